The van der Waals surface area contributed by atoms with E-state index < -0.39 is 10.0 Å². The van der Waals surface area contributed by atoms with Crippen LogP contribution in [0.3, 0.4) is 0 Å². The summed E-state index contributed by atoms with van der Waals surface area (Å²) in [5.41, 5.74) is 2.77. The molecule has 0 heterocycles. The van der Waals surface area contributed by atoms with E-state index >= 15 is 0 Å². The van der Waals surface area contributed by atoms with Gasteiger partial charge in [0.1, 0.15) is 0 Å². The molecule has 6 heteroatoms. The average molecular weight is 346 g/mol. The van der Waals surface area contributed by atoms with Crippen LogP contribution in [0.4, 0.5) is 0 Å². The van der Waals surface area contributed by atoms with Crippen molar-refractivity contribution in [3.05, 3.63) is 65.2 Å². The summed E-state index contributed by atoms with van der Waals surface area (Å²) >= 11 is 0. The predicted molar refractivity (Wildman–Crippen MR) is 94.3 cm³/mol. The third-order valence-electron chi connectivity index (χ3n) is 3.62. The second-order valence-corrected chi connectivity index (χ2v) is 7.41. The number of nitrogens with one attached hydrogen (secondary N) is 2. The zero-order valence-corrected chi connectivity index (χ0v) is 14.7. The Morgan fingerprint density at radius 3 is 2.42 bits per heavy atom. The highest BCUT2D eigenvalue weighted by Crippen LogP contribution is 2.15. The summed E-state index contributed by atoms with van der Waals surface area (Å²) < 4.78 is 26.9. The highest BCUT2D eigenvalue weighted by molar-refractivity contribution is 7.89. The Morgan fingerprint density at radius 2 is 1.75 bits per heavy atom. The molecular formula is C18H22N2O3S. The van der Waals surface area contributed by atoms with E-state index in [9.17, 15) is 13.2 Å². The Kier molecular flexibility index (Phi) is 6.11. The van der Waals surface area contributed by atoms with Crippen molar-refractivity contribution in [2.75, 3.05) is 13.1 Å². The van der Waals surface area contributed by atoms with Gasteiger partial charge in [0.25, 0.3) is 0 Å². The Balaban J connectivity index is 1.84. The molecule has 0 radical (unpaired) electrons. The fraction of sp³-hybridized carbons (Fsp3) is 0.278. The molecule has 0 aliphatic heterocycles. The first-order valence-electron chi connectivity index (χ1n) is 7.76. The normalized spacial score (nSPS) is 11.2. The molecule has 24 heavy (non-hydrogen) atoms. The lowest BCUT2D eigenvalue weighted by Gasteiger charge is -2.10. The SMILES string of the molecule is Cc1ccc(S(=O)(=O)NCC(=O)NCCc2ccccc2)c(C)c1. The fourth-order valence-electron chi connectivity index (χ4n) is 2.39. The van der Waals surface area contributed by atoms with Crippen molar-refractivity contribution in [3.8, 4) is 0 Å². The smallest absolute Gasteiger partial charge is 0.241 e. The maximum absolute atomic E-state index is 12.3. The van der Waals surface area contributed by atoms with Gasteiger partial charge in [0, 0.05) is 6.54 Å². The summed E-state index contributed by atoms with van der Waals surface area (Å²) in [5.74, 6) is -0.348. The molecule has 2 rings (SSSR count). The van der Waals surface area contributed by atoms with Crippen LogP contribution in [0.2, 0.25) is 0 Å². The molecule has 0 bridgehead atoms. The largest absolute Gasteiger partial charge is 0.355 e. The van der Waals surface area contributed by atoms with Crippen molar-refractivity contribution in [2.45, 2.75) is 25.2 Å². The van der Waals surface area contributed by atoms with Gasteiger partial charge in [-0.3, -0.25) is 4.79 Å². The van der Waals surface area contributed by atoms with Gasteiger partial charge in [-0.2, -0.15) is 0 Å². The first kappa shape index (κ1) is 18.2. The molecule has 128 valence electrons. The van der Waals surface area contributed by atoms with E-state index in [0.717, 1.165) is 11.1 Å². The monoisotopic (exact) mass is 346 g/mol. The van der Waals surface area contributed by atoms with E-state index in [1.807, 2.05) is 37.3 Å². The van der Waals surface area contributed by atoms with Crippen molar-refractivity contribution < 1.29 is 13.2 Å². The third-order valence-corrected chi connectivity index (χ3v) is 5.18. The maximum Gasteiger partial charge on any atom is 0.241 e. The molecule has 0 aromatic heterocycles. The summed E-state index contributed by atoms with van der Waals surface area (Å²) in [6.07, 6.45) is 0.705. The summed E-state index contributed by atoms with van der Waals surface area (Å²) in [7, 11) is -3.69. The Bertz CT molecular complexity index is 802. The topological polar surface area (TPSA) is 75.3 Å². The van der Waals surface area contributed by atoms with Crippen molar-refractivity contribution in [3.63, 3.8) is 0 Å². The average Bonchev–Trinajstić information content (AvgIpc) is 2.54. The fourth-order valence-corrected chi connectivity index (χ4v) is 3.60. The number of amides is 1. The zero-order valence-electron chi connectivity index (χ0n) is 13.9. The number of rotatable bonds is 7. The molecule has 0 unspecified atom stereocenters. The zero-order chi connectivity index (χ0) is 17.6. The lowest BCUT2D eigenvalue weighted by atomic mass is 10.1. The highest BCUT2D eigenvalue weighted by Gasteiger charge is 2.17. The Hall–Kier alpha value is -2.18. The van der Waals surface area contributed by atoms with E-state index in [-0.39, 0.29) is 17.3 Å². The van der Waals surface area contributed by atoms with Gasteiger partial charge in [-0.25, -0.2) is 13.1 Å². The van der Waals surface area contributed by atoms with E-state index in [2.05, 4.69) is 10.0 Å². The number of carbonyl (C=O) groups is 1. The molecule has 0 saturated carbocycles. The van der Waals surface area contributed by atoms with E-state index in [1.54, 1.807) is 25.1 Å². The number of carbonyl (C=O) groups excluding carboxylic acids is 1. The van der Waals surface area contributed by atoms with Crippen LogP contribution in [0.1, 0.15) is 16.7 Å². The van der Waals surface area contributed by atoms with Gasteiger partial charge < -0.3 is 5.32 Å². The van der Waals surface area contributed by atoms with Gasteiger partial charge in [0.15, 0.2) is 0 Å². The minimum absolute atomic E-state index is 0.199. The molecule has 2 aromatic rings. The van der Waals surface area contributed by atoms with Crippen LogP contribution < -0.4 is 10.0 Å². The van der Waals surface area contributed by atoms with Crippen molar-refractivity contribution in [1.29, 1.82) is 0 Å². The number of benzene rings is 2. The van der Waals surface area contributed by atoms with E-state index in [1.165, 1.54) is 0 Å². The molecule has 0 fully saturated rings. The standard InChI is InChI=1S/C18H22N2O3S/c1-14-8-9-17(15(2)12-14)24(22,23)20-13-18(21)19-11-10-16-6-4-3-5-7-16/h3-9,12,20H,10-11,13H2,1-2H3,(H,19,21). The molecule has 1 amide bonds. The van der Waals surface area contributed by atoms with Crippen LogP contribution in [0, 0.1) is 13.8 Å². The van der Waals surface area contributed by atoms with Crippen molar-refractivity contribution in [1.82, 2.24) is 10.0 Å². The molecule has 2 N–H and O–H groups in total. The van der Waals surface area contributed by atoms with Crippen molar-refractivity contribution >= 4 is 15.9 Å². The van der Waals surface area contributed by atoms with Gasteiger partial charge in [-0.1, -0.05) is 48.0 Å². The Labute approximate surface area is 143 Å². The third kappa shape index (κ3) is 5.18. The summed E-state index contributed by atoms with van der Waals surface area (Å²) in [5, 5.41) is 2.71. The molecule has 2 aromatic carbocycles. The number of sulfonamides is 1. The molecule has 0 saturated heterocycles. The number of aryl methyl sites for hydroxylation is 2. The summed E-state index contributed by atoms with van der Waals surface area (Å²) in [6.45, 7) is 3.83. The van der Waals surface area contributed by atoms with Crippen molar-refractivity contribution in [2.24, 2.45) is 0 Å². The summed E-state index contributed by atoms with van der Waals surface area (Å²) in [4.78, 5) is 12.0. The van der Waals surface area contributed by atoms with Gasteiger partial charge in [-0.15, -0.1) is 0 Å². The molecule has 5 nitrogen and oxygen atoms in total. The van der Waals surface area contributed by atoms with Crippen LogP contribution >= 0.6 is 0 Å². The lowest BCUT2D eigenvalue weighted by molar-refractivity contribution is -0.119. The molecular weight excluding hydrogens is 324 g/mol. The van der Waals surface area contributed by atoms with E-state index in [4.69, 9.17) is 0 Å². The van der Waals surface area contributed by atoms with Crippen LogP contribution in [0.5, 0.6) is 0 Å². The molecule has 0 atom stereocenters. The van der Waals surface area contributed by atoms with Crippen LogP contribution in [0.25, 0.3) is 0 Å². The van der Waals surface area contributed by atoms with Gasteiger partial charge in [-0.05, 0) is 37.5 Å². The first-order valence-corrected chi connectivity index (χ1v) is 9.24. The van der Waals surface area contributed by atoms with Gasteiger partial charge in [0.05, 0.1) is 11.4 Å². The minimum atomic E-state index is -3.69. The van der Waals surface area contributed by atoms with Gasteiger partial charge in [0.2, 0.25) is 15.9 Å². The van der Waals surface area contributed by atoms with Crippen LogP contribution in [0.15, 0.2) is 53.4 Å². The highest BCUT2D eigenvalue weighted by atomic mass is 32.2. The quantitative estimate of drug-likeness (QED) is 0.804. The van der Waals surface area contributed by atoms with Crippen LogP contribution in [-0.4, -0.2) is 27.4 Å². The molecule has 0 aliphatic rings. The predicted octanol–water partition coefficient (Wildman–Crippen LogP) is 1.94. The van der Waals surface area contributed by atoms with E-state index in [0.29, 0.717) is 18.5 Å². The van der Waals surface area contributed by atoms with Crippen LogP contribution in [-0.2, 0) is 21.2 Å². The second-order valence-electron chi connectivity index (χ2n) is 5.68. The second kappa shape index (κ2) is 8.08. The Morgan fingerprint density at radius 1 is 1.04 bits per heavy atom. The van der Waals surface area contributed by atoms with Gasteiger partial charge >= 0.3 is 0 Å². The first-order chi connectivity index (χ1) is 11.4. The maximum atomic E-state index is 12.3. The minimum Gasteiger partial charge on any atom is -0.355 e. The molecule has 0 aliphatic carbocycles. The lowest BCUT2D eigenvalue weighted by Crippen LogP contribution is -2.37. The summed E-state index contributed by atoms with van der Waals surface area (Å²) in [6, 6.07) is 14.9. The molecule has 0 spiro atoms. The number of hydrogen-bond donors (Lipinski definition) is 2. The number of hydrogen-bond acceptors (Lipinski definition) is 3.